The van der Waals surface area contributed by atoms with Crippen LogP contribution in [-0.4, -0.2) is 21.2 Å². The van der Waals surface area contributed by atoms with Crippen LogP contribution >= 0.6 is 23.1 Å². The molecule has 0 spiro atoms. The van der Waals surface area contributed by atoms with Gasteiger partial charge in [0.05, 0.1) is 11.1 Å². The van der Waals surface area contributed by atoms with Gasteiger partial charge in [0, 0.05) is 17.6 Å². The van der Waals surface area contributed by atoms with E-state index in [1.165, 1.54) is 27.8 Å². The van der Waals surface area contributed by atoms with Gasteiger partial charge < -0.3 is 5.32 Å². The smallest absolute Gasteiger partial charge is 0.262 e. The van der Waals surface area contributed by atoms with E-state index in [9.17, 15) is 9.59 Å². The van der Waals surface area contributed by atoms with E-state index in [4.69, 9.17) is 0 Å². The minimum atomic E-state index is -0.106. The molecule has 0 fully saturated rings. The molecule has 28 heavy (non-hydrogen) atoms. The number of anilines is 1. The average molecular weight is 414 g/mol. The quantitative estimate of drug-likeness (QED) is 0.499. The Labute approximate surface area is 172 Å². The van der Waals surface area contributed by atoms with Gasteiger partial charge in [0.1, 0.15) is 4.83 Å². The molecule has 1 amide bonds. The molecule has 1 aliphatic carbocycles. The van der Waals surface area contributed by atoms with Crippen LogP contribution in [0, 0.1) is 0 Å². The van der Waals surface area contributed by atoms with E-state index < -0.39 is 0 Å². The zero-order valence-corrected chi connectivity index (χ0v) is 17.9. The highest BCUT2D eigenvalue weighted by atomic mass is 32.2. The number of hydrogen-bond donors (Lipinski definition) is 1. The highest BCUT2D eigenvalue weighted by Crippen LogP contribution is 2.35. The van der Waals surface area contributed by atoms with Gasteiger partial charge >= 0.3 is 0 Å². The van der Waals surface area contributed by atoms with Crippen LogP contribution in [0.4, 0.5) is 5.69 Å². The first kappa shape index (κ1) is 19.2. The van der Waals surface area contributed by atoms with Gasteiger partial charge in [-0.3, -0.25) is 14.2 Å². The summed E-state index contributed by atoms with van der Waals surface area (Å²) in [5, 5.41) is 4.27. The number of hydrogen-bond acceptors (Lipinski definition) is 5. The van der Waals surface area contributed by atoms with E-state index in [0.29, 0.717) is 11.1 Å². The third kappa shape index (κ3) is 3.61. The molecule has 2 aromatic heterocycles. The fourth-order valence-electron chi connectivity index (χ4n) is 3.51. The van der Waals surface area contributed by atoms with Crippen LogP contribution in [0.25, 0.3) is 10.2 Å². The van der Waals surface area contributed by atoms with E-state index >= 15 is 0 Å². The van der Waals surface area contributed by atoms with E-state index in [1.807, 2.05) is 24.3 Å². The van der Waals surface area contributed by atoms with E-state index in [1.54, 1.807) is 23.0 Å². The lowest BCUT2D eigenvalue weighted by Gasteiger charge is -2.09. The number of amides is 1. The topological polar surface area (TPSA) is 64.0 Å². The molecule has 1 aliphatic rings. The summed E-state index contributed by atoms with van der Waals surface area (Å²) in [5.74, 6) is 0.564. The minimum absolute atomic E-state index is 0.00316. The third-order valence-corrected chi connectivity index (χ3v) is 7.31. The van der Waals surface area contributed by atoms with Crippen molar-refractivity contribution in [1.82, 2.24) is 9.55 Å². The van der Waals surface area contributed by atoms with Crippen molar-refractivity contribution in [3.63, 3.8) is 0 Å². The molecular weight excluding hydrogens is 390 g/mol. The molecular formula is C21H23N3O2S2. The number of nitrogens with zero attached hydrogens (tertiary/aromatic N) is 2. The van der Waals surface area contributed by atoms with Gasteiger partial charge in [-0.1, -0.05) is 37.7 Å². The van der Waals surface area contributed by atoms with Crippen LogP contribution in [0.2, 0.25) is 0 Å². The van der Waals surface area contributed by atoms with Gasteiger partial charge in [-0.2, -0.15) is 0 Å². The molecule has 0 aliphatic heterocycles. The first-order valence-corrected chi connectivity index (χ1v) is 11.3. The number of thioether (sulfide) groups is 1. The standard InChI is InChI=1S/C21H23N3O2S2/c1-12(2)13-7-9-14(10-8-13)22-17(25)11-27-21-23-19-18(20(26)24(21)3)15-5-4-6-16(15)28-19/h7-10,12H,4-6,11H2,1-3H3,(H,22,25). The fourth-order valence-corrected chi connectivity index (χ4v) is 5.59. The predicted octanol–water partition coefficient (Wildman–Crippen LogP) is 4.34. The van der Waals surface area contributed by atoms with Crippen LogP contribution < -0.4 is 10.9 Å². The molecule has 0 radical (unpaired) electrons. The van der Waals surface area contributed by atoms with Crippen molar-refractivity contribution >= 4 is 44.9 Å². The second-order valence-electron chi connectivity index (χ2n) is 7.41. The summed E-state index contributed by atoms with van der Waals surface area (Å²) in [6, 6.07) is 7.90. The van der Waals surface area contributed by atoms with Crippen molar-refractivity contribution in [2.45, 2.75) is 44.2 Å². The van der Waals surface area contributed by atoms with Crippen molar-refractivity contribution in [1.29, 1.82) is 0 Å². The molecule has 1 aromatic carbocycles. The summed E-state index contributed by atoms with van der Waals surface area (Å²) < 4.78 is 1.57. The average Bonchev–Trinajstić information content (AvgIpc) is 3.24. The lowest BCUT2D eigenvalue weighted by atomic mass is 10.0. The number of carbonyl (C=O) groups is 1. The van der Waals surface area contributed by atoms with Crippen molar-refractivity contribution in [3.8, 4) is 0 Å². The van der Waals surface area contributed by atoms with Crippen molar-refractivity contribution in [3.05, 3.63) is 50.6 Å². The van der Waals surface area contributed by atoms with Crippen molar-refractivity contribution in [2.75, 3.05) is 11.1 Å². The zero-order valence-electron chi connectivity index (χ0n) is 16.2. The maximum absolute atomic E-state index is 12.8. The molecule has 0 unspecified atom stereocenters. The predicted molar refractivity (Wildman–Crippen MR) is 117 cm³/mol. The number of fused-ring (bicyclic) bond motifs is 3. The molecule has 1 N–H and O–H groups in total. The highest BCUT2D eigenvalue weighted by molar-refractivity contribution is 7.99. The molecule has 0 atom stereocenters. The lowest BCUT2D eigenvalue weighted by Crippen LogP contribution is -2.21. The molecule has 146 valence electrons. The molecule has 0 saturated heterocycles. The van der Waals surface area contributed by atoms with Crippen LogP contribution in [0.3, 0.4) is 0 Å². The Morgan fingerprint density at radius 1 is 1.29 bits per heavy atom. The van der Waals surface area contributed by atoms with Crippen molar-refractivity contribution < 1.29 is 4.79 Å². The van der Waals surface area contributed by atoms with Gasteiger partial charge in [0.15, 0.2) is 5.16 Å². The van der Waals surface area contributed by atoms with Gasteiger partial charge in [-0.15, -0.1) is 11.3 Å². The molecule has 2 heterocycles. The minimum Gasteiger partial charge on any atom is -0.325 e. The van der Waals surface area contributed by atoms with Crippen molar-refractivity contribution in [2.24, 2.45) is 7.05 Å². The van der Waals surface area contributed by atoms with E-state index in [0.717, 1.165) is 35.2 Å². The number of carbonyl (C=O) groups excluding carboxylic acids is 1. The number of nitrogens with one attached hydrogen (secondary N) is 1. The molecule has 5 nitrogen and oxygen atoms in total. The van der Waals surface area contributed by atoms with Gasteiger partial charge in [-0.05, 0) is 48.4 Å². The van der Waals surface area contributed by atoms with Gasteiger partial charge in [0.2, 0.25) is 5.91 Å². The third-order valence-electron chi connectivity index (χ3n) is 5.10. The largest absolute Gasteiger partial charge is 0.325 e. The van der Waals surface area contributed by atoms with Gasteiger partial charge in [0.25, 0.3) is 5.56 Å². The maximum atomic E-state index is 12.8. The summed E-state index contributed by atoms with van der Waals surface area (Å²) in [4.78, 5) is 31.9. The summed E-state index contributed by atoms with van der Waals surface area (Å²) in [5.41, 5.74) is 3.20. The van der Waals surface area contributed by atoms with E-state index in [-0.39, 0.29) is 17.2 Å². The fraction of sp³-hybridized carbons (Fsp3) is 0.381. The molecule has 4 rings (SSSR count). The first-order chi connectivity index (χ1) is 13.4. The SMILES string of the molecule is CC(C)c1ccc(NC(=O)CSc2nc3sc4c(c3c(=O)n2C)CCC4)cc1. The summed E-state index contributed by atoms with van der Waals surface area (Å²) in [7, 11) is 1.73. The Bertz CT molecular complexity index is 1100. The second-order valence-corrected chi connectivity index (χ2v) is 9.44. The molecule has 7 heteroatoms. The summed E-state index contributed by atoms with van der Waals surface area (Å²) in [6.07, 6.45) is 3.13. The summed E-state index contributed by atoms with van der Waals surface area (Å²) in [6.45, 7) is 4.28. The zero-order chi connectivity index (χ0) is 19.8. The summed E-state index contributed by atoms with van der Waals surface area (Å²) >= 11 is 2.92. The maximum Gasteiger partial charge on any atom is 0.262 e. The highest BCUT2D eigenvalue weighted by Gasteiger charge is 2.22. The van der Waals surface area contributed by atoms with E-state index in [2.05, 4.69) is 24.1 Å². The number of rotatable bonds is 5. The lowest BCUT2D eigenvalue weighted by molar-refractivity contribution is -0.113. The number of aryl methyl sites for hydroxylation is 2. The molecule has 0 saturated carbocycles. The number of benzene rings is 1. The van der Waals surface area contributed by atoms with Crippen LogP contribution in [-0.2, 0) is 24.7 Å². The van der Waals surface area contributed by atoms with Crippen LogP contribution in [0.1, 0.15) is 42.2 Å². The van der Waals surface area contributed by atoms with Gasteiger partial charge in [-0.25, -0.2) is 4.98 Å². The molecule has 0 bridgehead atoms. The molecule has 3 aromatic rings. The second kappa shape index (κ2) is 7.72. The number of aromatic nitrogens is 2. The number of thiophene rings is 1. The normalized spacial score (nSPS) is 13.3. The Morgan fingerprint density at radius 3 is 2.75 bits per heavy atom. The van der Waals surface area contributed by atoms with Crippen LogP contribution in [0.15, 0.2) is 34.2 Å². The Balaban J connectivity index is 1.47. The Morgan fingerprint density at radius 2 is 2.04 bits per heavy atom. The Kier molecular flexibility index (Phi) is 5.29. The monoisotopic (exact) mass is 413 g/mol. The van der Waals surface area contributed by atoms with Crippen LogP contribution in [0.5, 0.6) is 0 Å². The Hall–Kier alpha value is -2.12. The first-order valence-electron chi connectivity index (χ1n) is 9.48.